The standard InChI is InChI=1S/C26H24ClF3N2O4/c1-13-22(25(34)32-19-11-14(26(28,29)30)7-9-17(19)27)23(24-18(31-13)5-4-6-20(24)33)16-12-15(35-2)8-10-21(16)36-3/h7-12,23,31H,4-6H2,1-3H3,(H,32,34)/t23-/m0/s1. The van der Waals surface area contributed by atoms with E-state index in [4.69, 9.17) is 21.1 Å². The Morgan fingerprint density at radius 3 is 2.53 bits per heavy atom. The molecule has 0 bridgehead atoms. The van der Waals surface area contributed by atoms with Gasteiger partial charge in [0.2, 0.25) is 0 Å². The van der Waals surface area contributed by atoms with Crippen molar-refractivity contribution in [3.8, 4) is 11.5 Å². The van der Waals surface area contributed by atoms with E-state index in [9.17, 15) is 22.8 Å². The molecule has 0 saturated heterocycles. The van der Waals surface area contributed by atoms with Gasteiger partial charge in [0, 0.05) is 34.5 Å². The lowest BCUT2D eigenvalue weighted by atomic mass is 9.74. The van der Waals surface area contributed by atoms with Crippen molar-refractivity contribution in [1.29, 1.82) is 0 Å². The quantitative estimate of drug-likeness (QED) is 0.507. The van der Waals surface area contributed by atoms with Gasteiger partial charge in [0.25, 0.3) is 5.91 Å². The van der Waals surface area contributed by atoms with E-state index in [0.29, 0.717) is 53.3 Å². The fourth-order valence-electron chi connectivity index (χ4n) is 4.65. The lowest BCUT2D eigenvalue weighted by Gasteiger charge is -2.35. The number of carbonyl (C=O) groups is 2. The van der Waals surface area contributed by atoms with Crippen LogP contribution >= 0.6 is 11.6 Å². The second-order valence-corrected chi connectivity index (χ2v) is 8.93. The predicted molar refractivity (Wildman–Crippen MR) is 129 cm³/mol. The minimum Gasteiger partial charge on any atom is -0.497 e. The molecular formula is C26H24ClF3N2O4. The van der Waals surface area contributed by atoms with Gasteiger partial charge in [-0.25, -0.2) is 0 Å². The third-order valence-corrected chi connectivity index (χ3v) is 6.64. The number of halogens is 4. The molecule has 36 heavy (non-hydrogen) atoms. The Morgan fingerprint density at radius 1 is 1.11 bits per heavy atom. The predicted octanol–water partition coefficient (Wildman–Crippen LogP) is 5.98. The van der Waals surface area contributed by atoms with Crippen LogP contribution in [0.2, 0.25) is 5.02 Å². The Morgan fingerprint density at radius 2 is 1.86 bits per heavy atom. The lowest BCUT2D eigenvalue weighted by Crippen LogP contribution is -2.35. The van der Waals surface area contributed by atoms with Crippen molar-refractivity contribution in [2.24, 2.45) is 0 Å². The van der Waals surface area contributed by atoms with Crippen molar-refractivity contribution in [2.45, 2.75) is 38.3 Å². The van der Waals surface area contributed by atoms with Crippen molar-refractivity contribution in [3.05, 3.63) is 75.1 Å². The topological polar surface area (TPSA) is 76.7 Å². The number of Topliss-reactive ketones (excluding diaryl/α,β-unsaturated/α-hetero) is 1. The Hall–Kier alpha value is -3.46. The van der Waals surface area contributed by atoms with Gasteiger partial charge in [-0.05, 0) is 56.2 Å². The number of rotatable bonds is 5. The van der Waals surface area contributed by atoms with Crippen LogP contribution in [0.1, 0.15) is 43.2 Å². The van der Waals surface area contributed by atoms with Gasteiger partial charge >= 0.3 is 6.18 Å². The van der Waals surface area contributed by atoms with Gasteiger partial charge in [-0.3, -0.25) is 9.59 Å². The number of nitrogens with one attached hydrogen (secondary N) is 2. The molecule has 2 aliphatic rings. The normalized spacial score (nSPS) is 18.0. The van der Waals surface area contributed by atoms with Crippen molar-refractivity contribution < 1.29 is 32.2 Å². The molecule has 0 fully saturated rings. The van der Waals surface area contributed by atoms with Crippen LogP contribution < -0.4 is 20.1 Å². The Kier molecular flexibility index (Phi) is 7.04. The molecule has 2 aromatic rings. The zero-order valence-electron chi connectivity index (χ0n) is 19.8. The van der Waals surface area contributed by atoms with Crippen LogP contribution in [0.25, 0.3) is 0 Å². The molecule has 4 rings (SSSR count). The molecule has 0 radical (unpaired) electrons. The Labute approximate surface area is 211 Å². The molecule has 0 unspecified atom stereocenters. The SMILES string of the molecule is COc1ccc(OC)c([C@H]2C(C(=O)Nc3cc(C(F)(F)F)ccc3Cl)=C(C)NC3=C2C(=O)CCC3)c1. The van der Waals surface area contributed by atoms with Crippen LogP contribution in [0.3, 0.4) is 0 Å². The third-order valence-electron chi connectivity index (χ3n) is 6.31. The van der Waals surface area contributed by atoms with Crippen LogP contribution in [0.15, 0.2) is 58.9 Å². The highest BCUT2D eigenvalue weighted by molar-refractivity contribution is 6.34. The summed E-state index contributed by atoms with van der Waals surface area (Å²) in [4.78, 5) is 26.8. The molecule has 1 amide bonds. The summed E-state index contributed by atoms with van der Waals surface area (Å²) in [7, 11) is 2.97. The van der Waals surface area contributed by atoms with E-state index in [0.717, 1.165) is 18.2 Å². The molecule has 190 valence electrons. The number of methoxy groups -OCH3 is 2. The molecule has 0 saturated carbocycles. The second kappa shape index (κ2) is 9.89. The maximum atomic E-state index is 13.7. The van der Waals surface area contributed by atoms with Gasteiger partial charge in [0.1, 0.15) is 11.5 Å². The molecule has 2 aromatic carbocycles. The number of alkyl halides is 3. The number of benzene rings is 2. The fourth-order valence-corrected chi connectivity index (χ4v) is 4.81. The molecule has 0 spiro atoms. The molecular weight excluding hydrogens is 497 g/mol. The molecule has 0 aromatic heterocycles. The zero-order valence-corrected chi connectivity index (χ0v) is 20.6. The van der Waals surface area contributed by atoms with E-state index in [1.807, 2.05) is 0 Å². The van der Waals surface area contributed by atoms with Crippen molar-refractivity contribution in [2.75, 3.05) is 19.5 Å². The Bertz CT molecular complexity index is 1300. The van der Waals surface area contributed by atoms with E-state index in [1.54, 1.807) is 25.1 Å². The summed E-state index contributed by atoms with van der Waals surface area (Å²) in [5.41, 5.74) is 1.17. The molecule has 1 aliphatic heterocycles. The van der Waals surface area contributed by atoms with Gasteiger partial charge < -0.3 is 20.1 Å². The molecule has 1 aliphatic carbocycles. The van der Waals surface area contributed by atoms with E-state index in [1.165, 1.54) is 14.2 Å². The van der Waals surface area contributed by atoms with Crippen molar-refractivity contribution in [3.63, 3.8) is 0 Å². The largest absolute Gasteiger partial charge is 0.497 e. The maximum absolute atomic E-state index is 13.7. The molecule has 6 nitrogen and oxygen atoms in total. The minimum absolute atomic E-state index is 0.0532. The second-order valence-electron chi connectivity index (χ2n) is 8.52. The van der Waals surface area contributed by atoms with Gasteiger partial charge in [-0.1, -0.05) is 11.6 Å². The van der Waals surface area contributed by atoms with Crippen LogP contribution in [0, 0.1) is 0 Å². The number of hydrogen-bond donors (Lipinski definition) is 2. The number of anilines is 1. The smallest absolute Gasteiger partial charge is 0.416 e. The van der Waals surface area contributed by atoms with E-state index >= 15 is 0 Å². The van der Waals surface area contributed by atoms with E-state index < -0.39 is 23.6 Å². The molecule has 2 N–H and O–H groups in total. The van der Waals surface area contributed by atoms with Crippen LogP contribution in [-0.2, 0) is 15.8 Å². The summed E-state index contributed by atoms with van der Waals surface area (Å²) in [6.07, 6.45) is -3.01. The number of dihydropyridines is 1. The van der Waals surface area contributed by atoms with Gasteiger partial charge in [0.15, 0.2) is 5.78 Å². The summed E-state index contributed by atoms with van der Waals surface area (Å²) in [5, 5.41) is 5.65. The first-order valence-electron chi connectivity index (χ1n) is 11.2. The lowest BCUT2D eigenvalue weighted by molar-refractivity contribution is -0.137. The van der Waals surface area contributed by atoms with Crippen molar-refractivity contribution in [1.82, 2.24) is 5.32 Å². The highest BCUT2D eigenvalue weighted by atomic mass is 35.5. The minimum atomic E-state index is -4.61. The highest BCUT2D eigenvalue weighted by Crippen LogP contribution is 2.46. The molecule has 1 atom stereocenters. The number of allylic oxidation sites excluding steroid dienone is 3. The van der Waals surface area contributed by atoms with E-state index in [-0.39, 0.29) is 22.1 Å². The maximum Gasteiger partial charge on any atom is 0.416 e. The monoisotopic (exact) mass is 520 g/mol. The first kappa shape index (κ1) is 25.6. The van der Waals surface area contributed by atoms with Gasteiger partial charge in [-0.2, -0.15) is 13.2 Å². The number of carbonyl (C=O) groups excluding carboxylic acids is 2. The summed E-state index contributed by atoms with van der Waals surface area (Å²) >= 11 is 6.13. The summed E-state index contributed by atoms with van der Waals surface area (Å²) in [6, 6.07) is 7.77. The van der Waals surface area contributed by atoms with Crippen LogP contribution in [0.4, 0.5) is 18.9 Å². The number of hydrogen-bond acceptors (Lipinski definition) is 5. The first-order chi connectivity index (χ1) is 17.0. The first-order valence-corrected chi connectivity index (χ1v) is 11.6. The summed E-state index contributed by atoms with van der Waals surface area (Å²) in [6.45, 7) is 1.69. The molecule has 10 heteroatoms. The fraction of sp³-hybridized carbons (Fsp3) is 0.308. The Balaban J connectivity index is 1.85. The van der Waals surface area contributed by atoms with Crippen LogP contribution in [0.5, 0.6) is 11.5 Å². The van der Waals surface area contributed by atoms with E-state index in [2.05, 4.69) is 10.6 Å². The van der Waals surface area contributed by atoms with Gasteiger partial charge in [0.05, 0.1) is 36.4 Å². The number of amides is 1. The third kappa shape index (κ3) is 4.80. The summed E-state index contributed by atoms with van der Waals surface area (Å²) < 4.78 is 50.8. The molecule has 1 heterocycles. The average Bonchev–Trinajstić information content (AvgIpc) is 2.83. The average molecular weight is 521 g/mol. The summed E-state index contributed by atoms with van der Waals surface area (Å²) in [5.74, 6) is -0.714. The number of ketones is 1. The highest BCUT2D eigenvalue weighted by Gasteiger charge is 2.40. The van der Waals surface area contributed by atoms with Crippen LogP contribution in [-0.4, -0.2) is 25.9 Å². The number of ether oxygens (including phenoxy) is 2. The van der Waals surface area contributed by atoms with Crippen molar-refractivity contribution >= 4 is 29.0 Å². The van der Waals surface area contributed by atoms with Gasteiger partial charge in [-0.15, -0.1) is 0 Å². The zero-order chi connectivity index (χ0) is 26.2.